The summed E-state index contributed by atoms with van der Waals surface area (Å²) in [5.74, 6) is -0.524. The smallest absolute Gasteiger partial charge is 0.308 e. The summed E-state index contributed by atoms with van der Waals surface area (Å²) in [4.78, 5) is 10.4. The van der Waals surface area contributed by atoms with Crippen molar-refractivity contribution in [3.63, 3.8) is 0 Å². The second-order valence-corrected chi connectivity index (χ2v) is 5.05. The summed E-state index contributed by atoms with van der Waals surface area (Å²) < 4.78 is 0.963. The fourth-order valence-corrected chi connectivity index (χ4v) is 2.06. The number of nitro benzene ring substituents is 1. The summed E-state index contributed by atoms with van der Waals surface area (Å²) in [7, 11) is 0. The molecule has 0 heterocycles. The minimum absolute atomic E-state index is 0.103. The van der Waals surface area contributed by atoms with Crippen LogP contribution in [0, 0.1) is 30.4 Å². The molecule has 0 aliphatic carbocycles. The van der Waals surface area contributed by atoms with Crippen LogP contribution in [-0.4, -0.2) is 16.5 Å². The first-order valence-electron chi connectivity index (χ1n) is 4.59. The number of hydrogen-bond acceptors (Lipinski definition) is 6. The largest absolute Gasteiger partial charge is 0.382 e. The zero-order valence-corrected chi connectivity index (χ0v) is 12.9. The van der Waals surface area contributed by atoms with Gasteiger partial charge in [0.15, 0.2) is 5.84 Å². The normalized spacial score (nSPS) is 10.7. The Kier molecular flexibility index (Phi) is 5.19. The highest BCUT2D eigenvalue weighted by Gasteiger charge is 2.20. The van der Waals surface area contributed by atoms with Crippen LogP contribution >= 0.6 is 38.5 Å². The number of nitrogens with zero attached hydrogens (tertiary/aromatic N) is 3. The van der Waals surface area contributed by atoms with Crippen molar-refractivity contribution in [1.29, 1.82) is 10.7 Å². The van der Waals surface area contributed by atoms with E-state index in [0.717, 1.165) is 0 Å². The highest BCUT2D eigenvalue weighted by atomic mass is 127. The van der Waals surface area contributed by atoms with Gasteiger partial charge in [0.05, 0.1) is 4.92 Å². The van der Waals surface area contributed by atoms with E-state index >= 15 is 0 Å². The third-order valence-electron chi connectivity index (χ3n) is 1.90. The van der Waals surface area contributed by atoms with E-state index < -0.39 is 10.8 Å². The van der Waals surface area contributed by atoms with Gasteiger partial charge in [0.2, 0.25) is 5.71 Å². The monoisotopic (exact) mass is 436 g/mol. The number of rotatable bonds is 4. The Morgan fingerprint density at radius 3 is 2.79 bits per heavy atom. The molecule has 0 fully saturated rings. The Morgan fingerprint density at radius 1 is 1.68 bits per heavy atom. The molecule has 0 aromatic heterocycles. The SMILES string of the molecule is N#C/C(=N\Nc1ccc(Br)c(I)c1[N+](=O)[O-])C(=N)N. The topological polar surface area (TPSA) is 141 Å². The van der Waals surface area contributed by atoms with E-state index in [4.69, 9.17) is 16.4 Å². The van der Waals surface area contributed by atoms with Gasteiger partial charge in [-0.25, -0.2) is 0 Å². The molecule has 98 valence electrons. The average molecular weight is 437 g/mol. The number of benzene rings is 1. The van der Waals surface area contributed by atoms with Gasteiger partial charge < -0.3 is 5.73 Å². The molecule has 0 spiro atoms. The van der Waals surface area contributed by atoms with Crippen molar-refractivity contribution in [2.75, 3.05) is 5.43 Å². The number of nitriles is 1. The number of amidine groups is 1. The number of hydrazone groups is 1. The Bertz CT molecular complexity index is 624. The van der Waals surface area contributed by atoms with E-state index in [0.29, 0.717) is 8.04 Å². The van der Waals surface area contributed by atoms with Crippen LogP contribution in [0.2, 0.25) is 0 Å². The maximum atomic E-state index is 11.0. The summed E-state index contributed by atoms with van der Waals surface area (Å²) in [5.41, 5.74) is 7.05. The van der Waals surface area contributed by atoms with Crippen molar-refractivity contribution in [2.24, 2.45) is 10.8 Å². The van der Waals surface area contributed by atoms with E-state index in [1.807, 2.05) is 22.6 Å². The lowest BCUT2D eigenvalue weighted by atomic mass is 10.3. The summed E-state index contributed by atoms with van der Waals surface area (Å²) >= 11 is 5.00. The lowest BCUT2D eigenvalue weighted by Gasteiger charge is -2.05. The zero-order chi connectivity index (χ0) is 14.6. The highest BCUT2D eigenvalue weighted by Crippen LogP contribution is 2.35. The minimum Gasteiger partial charge on any atom is -0.382 e. The molecule has 0 saturated carbocycles. The van der Waals surface area contributed by atoms with Gasteiger partial charge in [-0.05, 0) is 50.7 Å². The second kappa shape index (κ2) is 6.43. The maximum Gasteiger partial charge on any atom is 0.308 e. The van der Waals surface area contributed by atoms with Crippen molar-refractivity contribution in [3.05, 3.63) is 30.3 Å². The van der Waals surface area contributed by atoms with Crippen LogP contribution in [0.3, 0.4) is 0 Å². The van der Waals surface area contributed by atoms with Gasteiger partial charge in [0.1, 0.15) is 15.3 Å². The number of nitrogens with two attached hydrogens (primary N) is 1. The van der Waals surface area contributed by atoms with Crippen LogP contribution < -0.4 is 11.2 Å². The second-order valence-electron chi connectivity index (χ2n) is 3.11. The fraction of sp³-hybridized carbons (Fsp3) is 0. The average Bonchev–Trinajstić information content (AvgIpc) is 2.33. The Morgan fingerprint density at radius 2 is 2.32 bits per heavy atom. The number of nitro groups is 1. The molecule has 4 N–H and O–H groups in total. The van der Waals surface area contributed by atoms with Crippen molar-refractivity contribution in [2.45, 2.75) is 0 Å². The molecule has 0 amide bonds. The first-order chi connectivity index (χ1) is 8.88. The number of nitrogens with one attached hydrogen (secondary N) is 2. The lowest BCUT2D eigenvalue weighted by molar-refractivity contribution is -0.384. The molecular formula is C9H6BrIN6O2. The van der Waals surface area contributed by atoms with E-state index in [9.17, 15) is 10.1 Å². The summed E-state index contributed by atoms with van der Waals surface area (Å²) in [6.45, 7) is 0. The Balaban J connectivity index is 3.23. The van der Waals surface area contributed by atoms with Gasteiger partial charge in [-0.3, -0.25) is 20.9 Å². The van der Waals surface area contributed by atoms with Crippen molar-refractivity contribution >= 4 is 61.4 Å². The van der Waals surface area contributed by atoms with Crippen molar-refractivity contribution in [3.8, 4) is 6.07 Å². The molecular weight excluding hydrogens is 431 g/mol. The summed E-state index contributed by atoms with van der Waals surface area (Å²) in [5, 5.41) is 30.3. The van der Waals surface area contributed by atoms with Gasteiger partial charge >= 0.3 is 5.69 Å². The van der Waals surface area contributed by atoms with E-state index in [-0.39, 0.29) is 17.1 Å². The van der Waals surface area contributed by atoms with Gasteiger partial charge in [0, 0.05) is 4.47 Å². The van der Waals surface area contributed by atoms with Crippen LogP contribution in [0.4, 0.5) is 11.4 Å². The maximum absolute atomic E-state index is 11.0. The minimum atomic E-state index is -0.565. The quantitative estimate of drug-likeness (QED) is 0.218. The molecule has 0 bridgehead atoms. The molecule has 0 saturated heterocycles. The fourth-order valence-electron chi connectivity index (χ4n) is 1.07. The number of anilines is 1. The first kappa shape index (κ1) is 15.3. The molecule has 0 atom stereocenters. The third-order valence-corrected chi connectivity index (χ3v) is 4.39. The zero-order valence-electron chi connectivity index (χ0n) is 9.15. The van der Waals surface area contributed by atoms with E-state index in [1.165, 1.54) is 6.07 Å². The first-order valence-corrected chi connectivity index (χ1v) is 6.46. The van der Waals surface area contributed by atoms with Crippen LogP contribution in [0.25, 0.3) is 0 Å². The Hall–Kier alpha value is -1.74. The summed E-state index contributed by atoms with van der Waals surface area (Å²) in [6.07, 6.45) is 0. The van der Waals surface area contributed by atoms with Crippen LogP contribution in [0.1, 0.15) is 0 Å². The summed E-state index contributed by atoms with van der Waals surface area (Å²) in [6, 6.07) is 4.64. The molecule has 10 heteroatoms. The molecule has 1 rings (SSSR count). The molecule has 0 unspecified atom stereocenters. The predicted octanol–water partition coefficient (Wildman–Crippen LogP) is 2.19. The molecule has 0 radical (unpaired) electrons. The predicted molar refractivity (Wildman–Crippen MR) is 82.1 cm³/mol. The van der Waals surface area contributed by atoms with Crippen LogP contribution in [-0.2, 0) is 0 Å². The Labute approximate surface area is 129 Å². The van der Waals surface area contributed by atoms with Gasteiger partial charge in [-0.15, -0.1) is 0 Å². The highest BCUT2D eigenvalue weighted by molar-refractivity contribution is 14.1. The van der Waals surface area contributed by atoms with Crippen LogP contribution in [0.15, 0.2) is 21.7 Å². The van der Waals surface area contributed by atoms with Gasteiger partial charge in [-0.2, -0.15) is 10.4 Å². The number of halogens is 2. The van der Waals surface area contributed by atoms with E-state index in [1.54, 1.807) is 12.1 Å². The molecule has 8 nitrogen and oxygen atoms in total. The standard InChI is InChI=1S/C9H6BrIN6O2/c10-4-1-2-5(8(7(4)11)17(18)19)15-16-6(3-12)9(13)14/h1-2,15H,(H3,13,14)/b16-6+. The van der Waals surface area contributed by atoms with Gasteiger partial charge in [-0.1, -0.05) is 0 Å². The molecule has 0 aliphatic heterocycles. The van der Waals surface area contributed by atoms with Crippen molar-refractivity contribution in [1.82, 2.24) is 0 Å². The van der Waals surface area contributed by atoms with Gasteiger partial charge in [0.25, 0.3) is 0 Å². The van der Waals surface area contributed by atoms with Crippen molar-refractivity contribution < 1.29 is 4.92 Å². The molecule has 19 heavy (non-hydrogen) atoms. The van der Waals surface area contributed by atoms with Crippen LogP contribution in [0.5, 0.6) is 0 Å². The third kappa shape index (κ3) is 3.61. The molecule has 1 aromatic rings. The van der Waals surface area contributed by atoms with E-state index in [2.05, 4.69) is 26.5 Å². The number of hydrogen-bond donors (Lipinski definition) is 3. The molecule has 1 aromatic carbocycles. The molecule has 0 aliphatic rings. The lowest BCUT2D eigenvalue weighted by Crippen LogP contribution is -2.22.